The molecule has 0 heterocycles. The van der Waals surface area contributed by atoms with E-state index in [0.717, 1.165) is 12.8 Å². The van der Waals surface area contributed by atoms with Crippen LogP contribution >= 0.6 is 0 Å². The summed E-state index contributed by atoms with van der Waals surface area (Å²) in [6, 6.07) is 8.86. The number of aryl methyl sites for hydroxylation is 1. The fourth-order valence-electron chi connectivity index (χ4n) is 1.25. The molecule has 1 aromatic carbocycles. The first-order valence-corrected chi connectivity index (χ1v) is 7.07. The van der Waals surface area contributed by atoms with Crippen molar-refractivity contribution in [3.8, 4) is 0 Å². The summed E-state index contributed by atoms with van der Waals surface area (Å²) < 4.78 is 5.98. The molecule has 0 saturated heterocycles. The zero-order valence-corrected chi connectivity index (χ0v) is 11.8. The Kier molecular flexibility index (Phi) is 4.55. The third kappa shape index (κ3) is 4.18. The van der Waals surface area contributed by atoms with E-state index in [1.54, 1.807) is 0 Å². The van der Waals surface area contributed by atoms with Crippen molar-refractivity contribution in [2.24, 2.45) is 0 Å². The highest BCUT2D eigenvalue weighted by Gasteiger charge is 2.14. The highest BCUT2D eigenvalue weighted by atomic mass is 28.2. The summed E-state index contributed by atoms with van der Waals surface area (Å²) >= 11 is 0. The Labute approximate surface area is 95.8 Å². The Bertz CT molecular complexity index is 290. The fourth-order valence-corrected chi connectivity index (χ4v) is 2.44. The molecule has 84 valence electrons. The van der Waals surface area contributed by atoms with Crippen molar-refractivity contribution < 1.29 is 4.43 Å². The molecule has 0 aliphatic carbocycles. The summed E-state index contributed by atoms with van der Waals surface area (Å²) in [5, 5.41) is 1.40. The predicted octanol–water partition coefficient (Wildman–Crippen LogP) is 2.16. The molecule has 0 fully saturated rings. The monoisotopic (exact) mass is 222 g/mol. The van der Waals surface area contributed by atoms with Crippen molar-refractivity contribution in [1.29, 1.82) is 0 Å². The summed E-state index contributed by atoms with van der Waals surface area (Å²) in [4.78, 5) is 0. The molecule has 0 aromatic heterocycles. The van der Waals surface area contributed by atoms with Gasteiger partial charge in [-0.3, -0.25) is 0 Å². The molecule has 1 rings (SSSR count). The second-order valence-corrected chi connectivity index (χ2v) is 5.97. The van der Waals surface area contributed by atoms with Crippen molar-refractivity contribution in [3.05, 3.63) is 29.8 Å². The second kappa shape index (κ2) is 5.47. The van der Waals surface area contributed by atoms with Gasteiger partial charge in [0.25, 0.3) is 0 Å². The van der Waals surface area contributed by atoms with Crippen LogP contribution in [0.3, 0.4) is 0 Å². The van der Waals surface area contributed by atoms with Crippen LogP contribution in [0, 0.1) is 0 Å². The molecular formula is C13H22OSi. The molecule has 0 amide bonds. The fraction of sp³-hybridized carbons (Fsp3) is 0.538. The first-order valence-electron chi connectivity index (χ1n) is 5.79. The van der Waals surface area contributed by atoms with E-state index in [4.69, 9.17) is 4.43 Å². The molecule has 0 unspecified atom stereocenters. The van der Waals surface area contributed by atoms with Gasteiger partial charge < -0.3 is 4.43 Å². The lowest BCUT2D eigenvalue weighted by atomic mass is 10.1. The van der Waals surface area contributed by atoms with Crippen LogP contribution in [-0.4, -0.2) is 15.4 Å². The maximum atomic E-state index is 5.98. The van der Waals surface area contributed by atoms with Crippen LogP contribution in [0.25, 0.3) is 0 Å². The summed E-state index contributed by atoms with van der Waals surface area (Å²) in [7, 11) is -0.550. The van der Waals surface area contributed by atoms with E-state index in [1.165, 1.54) is 10.8 Å². The largest absolute Gasteiger partial charge is 0.414 e. The minimum atomic E-state index is -0.550. The van der Waals surface area contributed by atoms with Gasteiger partial charge in [-0.15, -0.1) is 0 Å². The van der Waals surface area contributed by atoms with E-state index in [9.17, 15) is 0 Å². The third-order valence-electron chi connectivity index (χ3n) is 2.91. The number of hydrogen-bond acceptors (Lipinski definition) is 1. The molecule has 0 saturated carbocycles. The molecule has 0 aliphatic heterocycles. The Morgan fingerprint density at radius 3 is 2.20 bits per heavy atom. The van der Waals surface area contributed by atoms with E-state index in [0.29, 0.717) is 0 Å². The average molecular weight is 222 g/mol. The lowest BCUT2D eigenvalue weighted by Gasteiger charge is -2.24. The molecule has 0 atom stereocenters. The maximum absolute atomic E-state index is 5.98. The summed E-state index contributed by atoms with van der Waals surface area (Å²) in [5.74, 6) is 0. The lowest BCUT2D eigenvalue weighted by Crippen LogP contribution is -2.30. The van der Waals surface area contributed by atoms with Crippen molar-refractivity contribution in [2.75, 3.05) is 0 Å². The van der Waals surface area contributed by atoms with E-state index in [2.05, 4.69) is 52.0 Å². The normalized spacial score (nSPS) is 12.5. The summed E-state index contributed by atoms with van der Waals surface area (Å²) in [5.41, 5.74) is 1.46. The minimum Gasteiger partial charge on any atom is -0.414 e. The first kappa shape index (κ1) is 12.5. The van der Waals surface area contributed by atoms with Crippen LogP contribution in [0.4, 0.5) is 0 Å². The van der Waals surface area contributed by atoms with Gasteiger partial charge in [0.05, 0.1) is 5.60 Å². The van der Waals surface area contributed by atoms with Crippen molar-refractivity contribution >= 4 is 14.9 Å². The Balaban J connectivity index is 2.51. The van der Waals surface area contributed by atoms with E-state index < -0.39 is 9.76 Å². The molecule has 0 radical (unpaired) electrons. The highest BCUT2D eigenvalue weighted by molar-refractivity contribution is 6.47. The quantitative estimate of drug-likeness (QED) is 0.694. The third-order valence-corrected chi connectivity index (χ3v) is 4.64. The Morgan fingerprint density at radius 1 is 1.13 bits per heavy atom. The van der Waals surface area contributed by atoms with Crippen LogP contribution < -0.4 is 5.19 Å². The van der Waals surface area contributed by atoms with Gasteiger partial charge in [-0.2, -0.15) is 0 Å². The maximum Gasteiger partial charge on any atom is 0.192 e. The summed E-state index contributed by atoms with van der Waals surface area (Å²) in [6.07, 6.45) is 2.19. The Morgan fingerprint density at radius 2 is 1.73 bits per heavy atom. The zero-order chi connectivity index (χ0) is 11.3. The molecule has 1 aromatic rings. The molecule has 0 aliphatic rings. The molecule has 1 nitrogen and oxygen atoms in total. The van der Waals surface area contributed by atoms with Gasteiger partial charge in [0, 0.05) is 0 Å². The predicted molar refractivity (Wildman–Crippen MR) is 69.5 cm³/mol. The standard InChI is InChI=1S/C13H22OSi/c1-5-11-7-9-12(10-8-11)15-14-13(3,4)6-2/h7-10H,5-6,15H2,1-4H3. The smallest absolute Gasteiger partial charge is 0.192 e. The number of hydrogen-bond donors (Lipinski definition) is 0. The van der Waals surface area contributed by atoms with Crippen molar-refractivity contribution in [1.82, 2.24) is 0 Å². The number of rotatable bonds is 5. The van der Waals surface area contributed by atoms with Gasteiger partial charge in [-0.05, 0) is 37.4 Å². The molecular weight excluding hydrogens is 200 g/mol. The van der Waals surface area contributed by atoms with E-state index >= 15 is 0 Å². The minimum absolute atomic E-state index is 0.0512. The van der Waals surface area contributed by atoms with Crippen LogP contribution in [0.2, 0.25) is 0 Å². The van der Waals surface area contributed by atoms with Gasteiger partial charge in [0.2, 0.25) is 0 Å². The second-order valence-electron chi connectivity index (χ2n) is 4.57. The average Bonchev–Trinajstić information content (AvgIpc) is 2.27. The van der Waals surface area contributed by atoms with Crippen LogP contribution in [0.1, 0.15) is 39.7 Å². The topological polar surface area (TPSA) is 9.23 Å². The molecule has 15 heavy (non-hydrogen) atoms. The van der Waals surface area contributed by atoms with Crippen LogP contribution in [0.5, 0.6) is 0 Å². The molecule has 0 bridgehead atoms. The van der Waals surface area contributed by atoms with Crippen molar-refractivity contribution in [2.45, 2.75) is 46.1 Å². The Hall–Kier alpha value is -0.603. The molecule has 2 heteroatoms. The zero-order valence-electron chi connectivity index (χ0n) is 10.3. The van der Waals surface area contributed by atoms with Gasteiger partial charge in [-0.1, -0.05) is 38.1 Å². The van der Waals surface area contributed by atoms with Crippen molar-refractivity contribution in [3.63, 3.8) is 0 Å². The van der Waals surface area contributed by atoms with Gasteiger partial charge >= 0.3 is 0 Å². The van der Waals surface area contributed by atoms with E-state index in [1.807, 2.05) is 0 Å². The van der Waals surface area contributed by atoms with Crippen LogP contribution in [0.15, 0.2) is 24.3 Å². The molecule has 0 N–H and O–H groups in total. The van der Waals surface area contributed by atoms with Gasteiger partial charge in [0.1, 0.15) is 0 Å². The number of benzene rings is 1. The lowest BCUT2D eigenvalue weighted by molar-refractivity contribution is 0.114. The SMILES string of the molecule is CCc1ccc([SiH2]OC(C)(C)CC)cc1. The van der Waals surface area contributed by atoms with Gasteiger partial charge in [-0.25, -0.2) is 0 Å². The summed E-state index contributed by atoms with van der Waals surface area (Å²) in [6.45, 7) is 8.69. The van der Waals surface area contributed by atoms with Gasteiger partial charge in [0.15, 0.2) is 9.76 Å². The van der Waals surface area contributed by atoms with E-state index in [-0.39, 0.29) is 5.60 Å². The molecule has 0 spiro atoms. The van der Waals surface area contributed by atoms with Crippen LogP contribution in [-0.2, 0) is 10.8 Å². The highest BCUT2D eigenvalue weighted by Crippen LogP contribution is 2.11. The first-order chi connectivity index (χ1) is 7.07.